The molecule has 0 saturated heterocycles. The summed E-state index contributed by atoms with van der Waals surface area (Å²) < 4.78 is 12.9. The Bertz CT molecular complexity index is 388. The third kappa shape index (κ3) is 5.15. The van der Waals surface area contributed by atoms with Crippen LogP contribution in [0.1, 0.15) is 38.3 Å². The van der Waals surface area contributed by atoms with Gasteiger partial charge in [0.15, 0.2) is 0 Å². The van der Waals surface area contributed by atoms with Crippen LogP contribution < -0.4 is 5.32 Å². The minimum absolute atomic E-state index is 0.206. The fraction of sp³-hybridized carbons (Fsp3) is 0.600. The molecule has 0 radical (unpaired) electrons. The maximum Gasteiger partial charge on any atom is 0.123 e. The number of aryl methyl sites for hydroxylation is 1. The van der Waals surface area contributed by atoms with Gasteiger partial charge in [0, 0.05) is 13.1 Å². The summed E-state index contributed by atoms with van der Waals surface area (Å²) in [6, 6.07) is 4.79. The second kappa shape index (κ2) is 6.30. The van der Waals surface area contributed by atoms with E-state index in [1.807, 2.05) is 13.8 Å². The Labute approximate surface area is 109 Å². The molecule has 1 aromatic carbocycles. The molecule has 0 heterocycles. The lowest BCUT2D eigenvalue weighted by Crippen LogP contribution is -2.38. The molecule has 2 nitrogen and oxygen atoms in total. The molecule has 1 rings (SSSR count). The number of hydrogen-bond acceptors (Lipinski definition) is 2. The van der Waals surface area contributed by atoms with Gasteiger partial charge in [0.05, 0.1) is 5.60 Å². The summed E-state index contributed by atoms with van der Waals surface area (Å²) in [6.45, 7) is 9.13. The number of benzene rings is 1. The molecular weight excluding hydrogens is 229 g/mol. The van der Waals surface area contributed by atoms with Crippen molar-refractivity contribution in [2.75, 3.05) is 6.54 Å². The zero-order valence-corrected chi connectivity index (χ0v) is 11.8. The zero-order valence-electron chi connectivity index (χ0n) is 11.8. The lowest BCUT2D eigenvalue weighted by atomic mass is 9.94. The van der Waals surface area contributed by atoms with E-state index in [4.69, 9.17) is 0 Å². The summed E-state index contributed by atoms with van der Waals surface area (Å²) in [4.78, 5) is 0. The van der Waals surface area contributed by atoms with Crippen molar-refractivity contribution in [1.29, 1.82) is 0 Å². The predicted molar refractivity (Wildman–Crippen MR) is 72.9 cm³/mol. The lowest BCUT2D eigenvalue weighted by Gasteiger charge is -2.25. The van der Waals surface area contributed by atoms with Crippen molar-refractivity contribution in [1.82, 2.24) is 5.32 Å². The molecule has 0 aromatic heterocycles. The van der Waals surface area contributed by atoms with E-state index in [2.05, 4.69) is 19.2 Å². The van der Waals surface area contributed by atoms with Crippen molar-refractivity contribution >= 4 is 0 Å². The van der Waals surface area contributed by atoms with Gasteiger partial charge in [-0.15, -0.1) is 0 Å². The Balaban J connectivity index is 2.46. The molecule has 0 aliphatic rings. The van der Waals surface area contributed by atoms with Crippen molar-refractivity contribution in [3.05, 3.63) is 35.1 Å². The van der Waals surface area contributed by atoms with Gasteiger partial charge in [-0.25, -0.2) is 4.39 Å². The van der Waals surface area contributed by atoms with Gasteiger partial charge in [0.1, 0.15) is 5.82 Å². The van der Waals surface area contributed by atoms with Gasteiger partial charge >= 0.3 is 0 Å². The molecule has 1 unspecified atom stereocenters. The molecule has 3 heteroatoms. The number of hydrogen-bond donors (Lipinski definition) is 2. The van der Waals surface area contributed by atoms with Crippen LogP contribution in [-0.4, -0.2) is 17.3 Å². The molecule has 18 heavy (non-hydrogen) atoms. The monoisotopic (exact) mass is 253 g/mol. The predicted octanol–water partition coefficient (Wildman–Crippen LogP) is 3.02. The summed E-state index contributed by atoms with van der Waals surface area (Å²) in [5.74, 6) is 0.261. The molecule has 0 aliphatic heterocycles. The molecule has 102 valence electrons. The Morgan fingerprint density at radius 2 is 2.06 bits per heavy atom. The van der Waals surface area contributed by atoms with E-state index in [1.165, 1.54) is 12.1 Å². The Morgan fingerprint density at radius 3 is 2.61 bits per heavy atom. The second-order valence-electron chi connectivity index (χ2n) is 5.77. The van der Waals surface area contributed by atoms with E-state index in [9.17, 15) is 9.50 Å². The van der Waals surface area contributed by atoms with E-state index in [1.54, 1.807) is 6.07 Å². The summed E-state index contributed by atoms with van der Waals surface area (Å²) in [5.41, 5.74) is 1.31. The highest BCUT2D eigenvalue weighted by Gasteiger charge is 2.21. The minimum Gasteiger partial charge on any atom is -0.389 e. The Morgan fingerprint density at radius 1 is 1.39 bits per heavy atom. The van der Waals surface area contributed by atoms with Crippen molar-refractivity contribution < 1.29 is 9.50 Å². The van der Waals surface area contributed by atoms with Crippen LogP contribution in [0, 0.1) is 18.7 Å². The van der Waals surface area contributed by atoms with Crippen molar-refractivity contribution in [2.45, 2.75) is 46.3 Å². The fourth-order valence-electron chi connectivity index (χ4n) is 2.28. The van der Waals surface area contributed by atoms with Gasteiger partial charge in [-0.05, 0) is 49.4 Å². The van der Waals surface area contributed by atoms with Gasteiger partial charge in [-0.2, -0.15) is 0 Å². The molecule has 0 amide bonds. The van der Waals surface area contributed by atoms with Gasteiger partial charge in [-0.3, -0.25) is 0 Å². The molecule has 1 atom stereocenters. The SMILES string of the molecule is Cc1cc(F)ccc1CNCC(C)(O)CC(C)C. The van der Waals surface area contributed by atoms with Crippen molar-refractivity contribution in [3.8, 4) is 0 Å². The molecular formula is C15H24FNO. The van der Waals surface area contributed by atoms with Crippen molar-refractivity contribution in [2.24, 2.45) is 5.92 Å². The first kappa shape index (κ1) is 15.1. The summed E-state index contributed by atoms with van der Waals surface area (Å²) in [5, 5.41) is 13.4. The highest BCUT2D eigenvalue weighted by molar-refractivity contribution is 5.26. The topological polar surface area (TPSA) is 32.3 Å². The quantitative estimate of drug-likeness (QED) is 0.817. The maximum atomic E-state index is 12.9. The molecule has 0 saturated carbocycles. The normalized spacial score (nSPS) is 14.8. The fourth-order valence-corrected chi connectivity index (χ4v) is 2.28. The average molecular weight is 253 g/mol. The number of aliphatic hydroxyl groups is 1. The van der Waals surface area contributed by atoms with Crippen LogP contribution in [-0.2, 0) is 6.54 Å². The highest BCUT2D eigenvalue weighted by atomic mass is 19.1. The standard InChI is InChI=1S/C15H24FNO/c1-11(2)8-15(4,18)10-17-9-13-5-6-14(16)7-12(13)3/h5-7,11,17-18H,8-10H2,1-4H3. The van der Waals surface area contributed by atoms with Crippen LogP contribution in [0.4, 0.5) is 4.39 Å². The van der Waals surface area contributed by atoms with Crippen LogP contribution in [0.3, 0.4) is 0 Å². The Kier molecular flexibility index (Phi) is 5.29. The van der Waals surface area contributed by atoms with Crippen molar-refractivity contribution in [3.63, 3.8) is 0 Å². The van der Waals surface area contributed by atoms with Crippen LogP contribution in [0.2, 0.25) is 0 Å². The first-order valence-corrected chi connectivity index (χ1v) is 6.48. The van der Waals surface area contributed by atoms with Crippen LogP contribution >= 0.6 is 0 Å². The van der Waals surface area contributed by atoms with E-state index in [0.29, 0.717) is 19.0 Å². The second-order valence-corrected chi connectivity index (χ2v) is 5.77. The highest BCUT2D eigenvalue weighted by Crippen LogP contribution is 2.16. The average Bonchev–Trinajstić information content (AvgIpc) is 2.19. The van der Waals surface area contributed by atoms with E-state index >= 15 is 0 Å². The lowest BCUT2D eigenvalue weighted by molar-refractivity contribution is 0.0383. The van der Waals surface area contributed by atoms with Gasteiger partial charge < -0.3 is 10.4 Å². The molecule has 0 spiro atoms. The largest absolute Gasteiger partial charge is 0.389 e. The van der Waals surface area contributed by atoms with Gasteiger partial charge in [-0.1, -0.05) is 19.9 Å². The third-order valence-corrected chi connectivity index (χ3v) is 2.97. The maximum absolute atomic E-state index is 12.9. The smallest absolute Gasteiger partial charge is 0.123 e. The summed E-state index contributed by atoms with van der Waals surface area (Å²) in [6.07, 6.45) is 0.766. The van der Waals surface area contributed by atoms with Gasteiger partial charge in [0.2, 0.25) is 0 Å². The first-order valence-electron chi connectivity index (χ1n) is 6.48. The minimum atomic E-state index is -0.692. The molecule has 0 fully saturated rings. The number of nitrogens with one attached hydrogen (secondary N) is 1. The number of rotatable bonds is 6. The number of halogens is 1. The van der Waals surface area contributed by atoms with Crippen LogP contribution in [0.15, 0.2) is 18.2 Å². The molecule has 0 aliphatic carbocycles. The molecule has 2 N–H and O–H groups in total. The first-order chi connectivity index (χ1) is 8.30. The Hall–Kier alpha value is -0.930. The van der Waals surface area contributed by atoms with E-state index in [0.717, 1.165) is 17.5 Å². The van der Waals surface area contributed by atoms with E-state index < -0.39 is 5.60 Å². The third-order valence-electron chi connectivity index (χ3n) is 2.97. The van der Waals surface area contributed by atoms with Crippen LogP contribution in [0.5, 0.6) is 0 Å². The van der Waals surface area contributed by atoms with E-state index in [-0.39, 0.29) is 5.82 Å². The van der Waals surface area contributed by atoms with Crippen LogP contribution in [0.25, 0.3) is 0 Å². The molecule has 0 bridgehead atoms. The summed E-state index contributed by atoms with van der Waals surface area (Å²) in [7, 11) is 0. The zero-order chi connectivity index (χ0) is 13.8. The summed E-state index contributed by atoms with van der Waals surface area (Å²) >= 11 is 0. The van der Waals surface area contributed by atoms with Gasteiger partial charge in [0.25, 0.3) is 0 Å². The molecule has 1 aromatic rings.